The van der Waals surface area contributed by atoms with Crippen molar-refractivity contribution in [3.05, 3.63) is 21.9 Å². The Kier molecular flexibility index (Phi) is 3.08. The fraction of sp³-hybridized carbons (Fsp3) is 0.600. The van der Waals surface area contributed by atoms with Crippen LogP contribution in [0.3, 0.4) is 0 Å². The van der Waals surface area contributed by atoms with Gasteiger partial charge in [0.05, 0.1) is 17.2 Å². The van der Waals surface area contributed by atoms with E-state index in [4.69, 9.17) is 0 Å². The Bertz CT molecular complexity index is 448. The lowest BCUT2D eigenvalue weighted by atomic mass is 10.2. The minimum atomic E-state index is -0.572. The van der Waals surface area contributed by atoms with Gasteiger partial charge < -0.3 is 15.4 Å². The van der Waals surface area contributed by atoms with Crippen LogP contribution >= 0.6 is 0 Å². The van der Waals surface area contributed by atoms with Crippen molar-refractivity contribution in [3.63, 3.8) is 0 Å². The van der Waals surface area contributed by atoms with E-state index in [1.54, 1.807) is 0 Å². The number of nitrogens with one attached hydrogen (secondary N) is 1. The molecule has 2 rings (SSSR count). The van der Waals surface area contributed by atoms with Crippen LogP contribution in [0.4, 0.5) is 5.82 Å². The minimum absolute atomic E-state index is 0.107. The first-order valence-electron chi connectivity index (χ1n) is 5.59. The third-order valence-corrected chi connectivity index (χ3v) is 3.04. The first-order valence-corrected chi connectivity index (χ1v) is 5.59. The number of hydrogen-bond acceptors (Lipinski definition) is 4. The molecule has 0 saturated heterocycles. The van der Waals surface area contributed by atoms with Gasteiger partial charge in [-0.1, -0.05) is 12.8 Å². The maximum atomic E-state index is 11.6. The molecule has 1 aliphatic rings. The molecule has 0 atom stereocenters. The Balaban J connectivity index is 2.39. The summed E-state index contributed by atoms with van der Waals surface area (Å²) >= 11 is 0. The Labute approximate surface area is 98.0 Å². The van der Waals surface area contributed by atoms with Crippen LogP contribution < -0.4 is 5.32 Å². The van der Waals surface area contributed by atoms with E-state index in [1.807, 2.05) is 0 Å². The lowest BCUT2D eigenvalue weighted by Gasteiger charge is -2.08. The Hall–Kier alpha value is -1.92. The molecule has 92 valence electrons. The van der Waals surface area contributed by atoms with Gasteiger partial charge >= 0.3 is 5.82 Å². The van der Waals surface area contributed by atoms with Crippen molar-refractivity contribution in [3.8, 4) is 0 Å². The van der Waals surface area contributed by atoms with E-state index in [2.05, 4.69) is 10.4 Å². The van der Waals surface area contributed by atoms with Crippen LogP contribution in [0.1, 0.15) is 42.2 Å². The van der Waals surface area contributed by atoms with Crippen molar-refractivity contribution in [2.24, 2.45) is 0 Å². The van der Waals surface area contributed by atoms with Crippen LogP contribution in [0.25, 0.3) is 0 Å². The van der Waals surface area contributed by atoms with E-state index in [0.717, 1.165) is 25.7 Å². The van der Waals surface area contributed by atoms with Gasteiger partial charge in [-0.3, -0.25) is 4.79 Å². The molecular weight excluding hydrogens is 224 g/mol. The lowest BCUT2D eigenvalue weighted by molar-refractivity contribution is -0.389. The molecule has 1 heterocycles. The fourth-order valence-corrected chi connectivity index (χ4v) is 2.20. The van der Waals surface area contributed by atoms with Gasteiger partial charge in [0.2, 0.25) is 0 Å². The van der Waals surface area contributed by atoms with Crippen molar-refractivity contribution >= 4 is 11.7 Å². The first-order chi connectivity index (χ1) is 8.13. The van der Waals surface area contributed by atoms with Crippen molar-refractivity contribution in [2.45, 2.75) is 31.7 Å². The molecule has 1 amide bonds. The molecule has 0 spiro atoms. The first kappa shape index (κ1) is 11.6. The molecule has 7 nitrogen and oxygen atoms in total. The van der Waals surface area contributed by atoms with Crippen LogP contribution in [-0.2, 0) is 0 Å². The monoisotopic (exact) mass is 238 g/mol. The largest absolute Gasteiger partial charge is 0.390 e. The number of hydrogen-bond donors (Lipinski definition) is 1. The second-order valence-electron chi connectivity index (χ2n) is 4.11. The second kappa shape index (κ2) is 4.52. The maximum absolute atomic E-state index is 11.6. The Morgan fingerprint density at radius 2 is 2.24 bits per heavy atom. The van der Waals surface area contributed by atoms with Gasteiger partial charge in [-0.05, 0) is 17.8 Å². The highest BCUT2D eigenvalue weighted by Crippen LogP contribution is 2.31. The maximum Gasteiger partial charge on any atom is 0.390 e. The van der Waals surface area contributed by atoms with E-state index in [-0.39, 0.29) is 23.5 Å². The highest BCUT2D eigenvalue weighted by atomic mass is 16.6. The Morgan fingerprint density at radius 3 is 2.76 bits per heavy atom. The standard InChI is InChI=1S/C10H14N4O3/c1-11-10(15)8-6-9(14(16)17)12-13(8)7-4-2-3-5-7/h6-7H,2-5H2,1H3,(H,11,15). The lowest BCUT2D eigenvalue weighted by Crippen LogP contribution is -2.23. The van der Waals surface area contributed by atoms with Gasteiger partial charge in [0.25, 0.3) is 5.91 Å². The number of amides is 1. The summed E-state index contributed by atoms with van der Waals surface area (Å²) in [6, 6.07) is 1.34. The molecule has 1 fully saturated rings. The van der Waals surface area contributed by atoms with Crippen LogP contribution in [0.15, 0.2) is 6.07 Å². The van der Waals surface area contributed by atoms with Gasteiger partial charge in [-0.2, -0.15) is 4.68 Å². The van der Waals surface area contributed by atoms with Crippen LogP contribution in [0.2, 0.25) is 0 Å². The molecule has 17 heavy (non-hydrogen) atoms. The summed E-state index contributed by atoms with van der Waals surface area (Å²) in [5.74, 6) is -0.604. The average molecular weight is 238 g/mol. The zero-order chi connectivity index (χ0) is 12.4. The molecule has 0 unspecified atom stereocenters. The van der Waals surface area contributed by atoms with E-state index < -0.39 is 4.92 Å². The average Bonchev–Trinajstić information content (AvgIpc) is 2.95. The van der Waals surface area contributed by atoms with Crippen LogP contribution in [-0.4, -0.2) is 27.7 Å². The highest BCUT2D eigenvalue weighted by Gasteiger charge is 2.29. The second-order valence-corrected chi connectivity index (χ2v) is 4.11. The van der Waals surface area contributed by atoms with E-state index >= 15 is 0 Å². The number of carbonyl (C=O) groups is 1. The van der Waals surface area contributed by atoms with Gasteiger partial charge in [-0.25, -0.2) is 0 Å². The fourth-order valence-electron chi connectivity index (χ4n) is 2.20. The molecule has 0 bridgehead atoms. The van der Waals surface area contributed by atoms with Gasteiger partial charge in [0, 0.05) is 7.05 Å². The Morgan fingerprint density at radius 1 is 1.59 bits per heavy atom. The van der Waals surface area contributed by atoms with Gasteiger partial charge in [-0.15, -0.1) is 0 Å². The molecule has 1 N–H and O–H groups in total. The van der Waals surface area contributed by atoms with Crippen molar-refractivity contribution < 1.29 is 9.72 Å². The summed E-state index contributed by atoms with van der Waals surface area (Å²) in [5.41, 5.74) is 0.270. The van der Waals surface area contributed by atoms with Crippen molar-refractivity contribution in [1.82, 2.24) is 15.1 Å². The van der Waals surface area contributed by atoms with Crippen LogP contribution in [0.5, 0.6) is 0 Å². The molecule has 7 heteroatoms. The molecule has 0 radical (unpaired) electrons. The zero-order valence-electron chi connectivity index (χ0n) is 9.55. The van der Waals surface area contributed by atoms with E-state index in [9.17, 15) is 14.9 Å². The number of nitro groups is 1. The predicted molar refractivity (Wildman–Crippen MR) is 59.8 cm³/mol. The summed E-state index contributed by atoms with van der Waals surface area (Å²) < 4.78 is 1.50. The molecule has 1 aliphatic carbocycles. The predicted octanol–water partition coefficient (Wildman–Crippen LogP) is 1.27. The van der Waals surface area contributed by atoms with Gasteiger partial charge in [0.15, 0.2) is 5.69 Å². The third kappa shape index (κ3) is 2.13. The molecule has 1 saturated carbocycles. The number of aromatic nitrogens is 2. The molecule has 1 aromatic heterocycles. The summed E-state index contributed by atoms with van der Waals surface area (Å²) in [6.45, 7) is 0. The molecular formula is C10H14N4O3. The summed E-state index contributed by atoms with van der Waals surface area (Å²) in [4.78, 5) is 21.8. The van der Waals surface area contributed by atoms with Crippen LogP contribution in [0, 0.1) is 10.1 Å². The van der Waals surface area contributed by atoms with E-state index in [0.29, 0.717) is 0 Å². The summed E-state index contributed by atoms with van der Waals surface area (Å²) in [6.07, 6.45) is 3.99. The number of carbonyl (C=O) groups excluding carboxylic acids is 1. The summed E-state index contributed by atoms with van der Waals surface area (Å²) in [5, 5.41) is 17.1. The molecule has 0 aromatic carbocycles. The van der Waals surface area contributed by atoms with E-state index in [1.165, 1.54) is 17.8 Å². The van der Waals surface area contributed by atoms with Gasteiger partial charge in [0.1, 0.15) is 0 Å². The quantitative estimate of drug-likeness (QED) is 0.634. The number of rotatable bonds is 3. The molecule has 1 aromatic rings. The molecule has 0 aliphatic heterocycles. The number of nitrogens with zero attached hydrogens (tertiary/aromatic N) is 3. The zero-order valence-corrected chi connectivity index (χ0v) is 9.55. The minimum Gasteiger partial charge on any atom is -0.358 e. The highest BCUT2D eigenvalue weighted by molar-refractivity contribution is 5.92. The SMILES string of the molecule is CNC(=O)c1cc([N+](=O)[O-])nn1C1CCCC1. The normalized spacial score (nSPS) is 16.1. The smallest absolute Gasteiger partial charge is 0.358 e. The summed E-state index contributed by atoms with van der Waals surface area (Å²) in [7, 11) is 1.50. The third-order valence-electron chi connectivity index (χ3n) is 3.04. The van der Waals surface area contributed by atoms with Crippen molar-refractivity contribution in [2.75, 3.05) is 7.05 Å². The van der Waals surface area contributed by atoms with Crippen molar-refractivity contribution in [1.29, 1.82) is 0 Å². The topological polar surface area (TPSA) is 90.1 Å².